The Morgan fingerprint density at radius 3 is 2.43 bits per heavy atom. The van der Waals surface area contributed by atoms with Crippen LogP contribution in [0.2, 0.25) is 0 Å². The molecule has 146 valence electrons. The smallest absolute Gasteiger partial charge is 0.230 e. The van der Waals surface area contributed by atoms with Gasteiger partial charge in [0, 0.05) is 9.75 Å². The van der Waals surface area contributed by atoms with Gasteiger partial charge in [0.15, 0.2) is 11.5 Å². The van der Waals surface area contributed by atoms with Crippen molar-refractivity contribution in [3.8, 4) is 11.5 Å². The monoisotopic (exact) mass is 413 g/mol. The van der Waals surface area contributed by atoms with Crippen LogP contribution in [0.5, 0.6) is 11.5 Å². The van der Waals surface area contributed by atoms with Crippen LogP contribution in [0, 0.1) is 5.92 Å². The van der Waals surface area contributed by atoms with Gasteiger partial charge in [0.1, 0.15) is 6.61 Å². The number of ether oxygens (including phenoxy) is 2. The van der Waals surface area contributed by atoms with Crippen molar-refractivity contribution in [2.75, 3.05) is 13.2 Å². The summed E-state index contributed by atoms with van der Waals surface area (Å²) in [5.74, 6) is 1.52. The molecule has 1 unspecified atom stereocenters. The second kappa shape index (κ2) is 8.80. The zero-order valence-corrected chi connectivity index (χ0v) is 17.4. The molecular weight excluding hydrogens is 390 g/mol. The van der Waals surface area contributed by atoms with Crippen molar-refractivity contribution in [2.45, 2.75) is 26.4 Å². The van der Waals surface area contributed by atoms with Crippen LogP contribution in [-0.2, 0) is 24.3 Å². The maximum Gasteiger partial charge on any atom is 0.230 e. The number of thiophene rings is 2. The van der Waals surface area contributed by atoms with Crippen LogP contribution < -0.4 is 9.47 Å². The van der Waals surface area contributed by atoms with E-state index in [1.807, 2.05) is 42.2 Å². The van der Waals surface area contributed by atoms with Crippen molar-refractivity contribution in [1.29, 1.82) is 0 Å². The number of nitrogens with zero attached hydrogens (tertiary/aromatic N) is 1. The highest BCUT2D eigenvalue weighted by Gasteiger charge is 2.31. The SMILES string of the molecule is CCOc1cccc2c1OCC(C(=O)N(Cc1cccs1)Cc1cccs1)C2. The Hall–Kier alpha value is -2.31. The fourth-order valence-electron chi connectivity index (χ4n) is 3.47. The largest absolute Gasteiger partial charge is 0.490 e. The van der Waals surface area contributed by atoms with Crippen molar-refractivity contribution in [3.05, 3.63) is 68.5 Å². The first kappa shape index (κ1) is 19.0. The van der Waals surface area contributed by atoms with Gasteiger partial charge in [0.05, 0.1) is 25.6 Å². The molecule has 0 saturated carbocycles. The molecule has 0 fully saturated rings. The van der Waals surface area contributed by atoms with Crippen LogP contribution in [0.4, 0.5) is 0 Å². The van der Waals surface area contributed by atoms with Gasteiger partial charge in [0.25, 0.3) is 0 Å². The molecule has 6 heteroatoms. The molecule has 4 nitrogen and oxygen atoms in total. The fraction of sp³-hybridized carbons (Fsp3) is 0.318. The number of carbonyl (C=O) groups is 1. The molecule has 4 rings (SSSR count). The summed E-state index contributed by atoms with van der Waals surface area (Å²) >= 11 is 3.37. The van der Waals surface area contributed by atoms with E-state index in [1.54, 1.807) is 22.7 Å². The summed E-state index contributed by atoms with van der Waals surface area (Å²) in [5, 5.41) is 4.11. The van der Waals surface area contributed by atoms with Gasteiger partial charge < -0.3 is 14.4 Å². The third-order valence-corrected chi connectivity index (χ3v) is 6.49. The first-order valence-corrected chi connectivity index (χ1v) is 11.2. The van der Waals surface area contributed by atoms with Gasteiger partial charge in [-0.15, -0.1) is 22.7 Å². The number of hydrogen-bond donors (Lipinski definition) is 0. The van der Waals surface area contributed by atoms with Crippen LogP contribution in [0.1, 0.15) is 22.2 Å². The molecule has 0 aliphatic carbocycles. The van der Waals surface area contributed by atoms with E-state index in [2.05, 4.69) is 22.9 Å². The summed E-state index contributed by atoms with van der Waals surface area (Å²) in [6, 6.07) is 14.1. The first-order valence-electron chi connectivity index (χ1n) is 9.45. The van der Waals surface area contributed by atoms with Gasteiger partial charge in [-0.25, -0.2) is 0 Å². The van der Waals surface area contributed by atoms with E-state index in [9.17, 15) is 4.79 Å². The van der Waals surface area contributed by atoms with E-state index in [-0.39, 0.29) is 11.8 Å². The Kier molecular flexibility index (Phi) is 5.98. The minimum Gasteiger partial charge on any atom is -0.490 e. The van der Waals surface area contributed by atoms with Crippen LogP contribution in [-0.4, -0.2) is 24.0 Å². The topological polar surface area (TPSA) is 38.8 Å². The van der Waals surface area contributed by atoms with Crippen LogP contribution in [0.15, 0.2) is 53.2 Å². The molecule has 1 aromatic carbocycles. The standard InChI is InChI=1S/C22H23NO3S2/c1-2-25-20-9-3-6-16-12-17(15-26-21(16)20)22(24)23(13-18-7-4-10-27-18)14-19-8-5-11-28-19/h3-11,17H,2,12-15H2,1H3. The Morgan fingerprint density at radius 1 is 1.11 bits per heavy atom. The van der Waals surface area contributed by atoms with Gasteiger partial charge in [-0.05, 0) is 47.9 Å². The van der Waals surface area contributed by atoms with Gasteiger partial charge >= 0.3 is 0 Å². The predicted octanol–water partition coefficient (Wildman–Crippen LogP) is 4.99. The summed E-state index contributed by atoms with van der Waals surface area (Å²) in [6.07, 6.45) is 0.681. The molecule has 2 aromatic heterocycles. The lowest BCUT2D eigenvalue weighted by atomic mass is 9.95. The Balaban J connectivity index is 1.52. The van der Waals surface area contributed by atoms with E-state index in [4.69, 9.17) is 9.47 Å². The summed E-state index contributed by atoms with van der Waals surface area (Å²) in [6.45, 7) is 4.22. The fourth-order valence-corrected chi connectivity index (χ4v) is 4.91. The van der Waals surface area contributed by atoms with Crippen LogP contribution >= 0.6 is 22.7 Å². The van der Waals surface area contributed by atoms with E-state index < -0.39 is 0 Å². The van der Waals surface area contributed by atoms with Crippen molar-refractivity contribution in [1.82, 2.24) is 4.90 Å². The number of rotatable bonds is 7. The lowest BCUT2D eigenvalue weighted by Crippen LogP contribution is -2.40. The maximum atomic E-state index is 13.4. The Bertz CT molecular complexity index is 870. The normalized spacial score (nSPS) is 15.5. The molecule has 1 amide bonds. The highest BCUT2D eigenvalue weighted by molar-refractivity contribution is 7.10. The number of fused-ring (bicyclic) bond motifs is 1. The lowest BCUT2D eigenvalue weighted by Gasteiger charge is -2.30. The van der Waals surface area contributed by atoms with Crippen LogP contribution in [0.3, 0.4) is 0 Å². The maximum absolute atomic E-state index is 13.4. The van der Waals surface area contributed by atoms with Crippen molar-refractivity contribution >= 4 is 28.6 Å². The third kappa shape index (κ3) is 4.23. The predicted molar refractivity (Wildman–Crippen MR) is 113 cm³/mol. The summed E-state index contributed by atoms with van der Waals surface area (Å²) < 4.78 is 11.7. The summed E-state index contributed by atoms with van der Waals surface area (Å²) in [7, 11) is 0. The minimum atomic E-state index is -0.177. The van der Waals surface area contributed by atoms with Crippen molar-refractivity contribution in [3.63, 3.8) is 0 Å². The molecule has 1 aliphatic rings. The number of hydrogen-bond acceptors (Lipinski definition) is 5. The average molecular weight is 414 g/mol. The number of para-hydroxylation sites is 1. The molecule has 0 N–H and O–H groups in total. The molecule has 28 heavy (non-hydrogen) atoms. The van der Waals surface area contributed by atoms with E-state index >= 15 is 0 Å². The quantitative estimate of drug-likeness (QED) is 0.548. The Morgan fingerprint density at radius 2 is 1.82 bits per heavy atom. The second-order valence-corrected chi connectivity index (χ2v) is 8.81. The molecule has 0 bridgehead atoms. The molecule has 1 atom stereocenters. The zero-order chi connectivity index (χ0) is 19.3. The number of benzene rings is 1. The molecule has 0 saturated heterocycles. The zero-order valence-electron chi connectivity index (χ0n) is 15.8. The molecule has 0 spiro atoms. The average Bonchev–Trinajstić information content (AvgIpc) is 3.41. The van der Waals surface area contributed by atoms with Crippen molar-refractivity contribution < 1.29 is 14.3 Å². The van der Waals surface area contributed by atoms with Crippen LogP contribution in [0.25, 0.3) is 0 Å². The van der Waals surface area contributed by atoms with Crippen molar-refractivity contribution in [2.24, 2.45) is 5.92 Å². The second-order valence-electron chi connectivity index (χ2n) is 6.74. The minimum absolute atomic E-state index is 0.147. The van der Waals surface area contributed by atoms with E-state index in [0.29, 0.717) is 32.7 Å². The van der Waals surface area contributed by atoms with Gasteiger partial charge in [0.2, 0.25) is 5.91 Å². The van der Waals surface area contributed by atoms with Gasteiger partial charge in [-0.1, -0.05) is 24.3 Å². The Labute approximate surface area is 173 Å². The molecule has 3 heterocycles. The number of carbonyl (C=O) groups excluding carboxylic acids is 1. The summed E-state index contributed by atoms with van der Waals surface area (Å²) in [5.41, 5.74) is 1.04. The molecule has 1 aliphatic heterocycles. The van der Waals surface area contributed by atoms with E-state index in [0.717, 1.165) is 17.1 Å². The number of amides is 1. The highest BCUT2D eigenvalue weighted by Crippen LogP contribution is 2.37. The third-order valence-electron chi connectivity index (χ3n) is 4.77. The highest BCUT2D eigenvalue weighted by atomic mass is 32.1. The van der Waals surface area contributed by atoms with Gasteiger partial charge in [-0.2, -0.15) is 0 Å². The summed E-state index contributed by atoms with van der Waals surface area (Å²) in [4.78, 5) is 17.7. The first-order chi connectivity index (χ1) is 13.7. The molecule has 3 aromatic rings. The molecular formula is C22H23NO3S2. The van der Waals surface area contributed by atoms with Gasteiger partial charge in [-0.3, -0.25) is 4.79 Å². The van der Waals surface area contributed by atoms with E-state index in [1.165, 1.54) is 9.75 Å². The molecule has 0 radical (unpaired) electrons. The lowest BCUT2D eigenvalue weighted by molar-refractivity contribution is -0.138.